The predicted molar refractivity (Wildman–Crippen MR) is 83.0 cm³/mol. The summed E-state index contributed by atoms with van der Waals surface area (Å²) >= 11 is 0. The predicted octanol–water partition coefficient (Wildman–Crippen LogP) is 2.32. The van der Waals surface area contributed by atoms with Crippen molar-refractivity contribution in [3.05, 3.63) is 66.0 Å². The van der Waals surface area contributed by atoms with E-state index in [4.69, 9.17) is 0 Å². The van der Waals surface area contributed by atoms with Gasteiger partial charge in [0.25, 0.3) is 0 Å². The van der Waals surface area contributed by atoms with Gasteiger partial charge in [-0.15, -0.1) is 0 Å². The summed E-state index contributed by atoms with van der Waals surface area (Å²) in [6.07, 6.45) is -0.213. The van der Waals surface area contributed by atoms with Gasteiger partial charge >= 0.3 is 0 Å². The first-order valence-corrected chi connectivity index (χ1v) is 7.28. The maximum absolute atomic E-state index is 12.8. The second-order valence-electron chi connectivity index (χ2n) is 5.38. The lowest BCUT2D eigenvalue weighted by Gasteiger charge is -2.25. The van der Waals surface area contributed by atoms with Crippen molar-refractivity contribution in [2.45, 2.75) is 19.3 Å². The highest BCUT2D eigenvalue weighted by molar-refractivity contribution is 5.93. The molecule has 4 nitrogen and oxygen atoms in total. The van der Waals surface area contributed by atoms with Crippen molar-refractivity contribution in [3.8, 4) is 0 Å². The summed E-state index contributed by atoms with van der Waals surface area (Å²) < 4.78 is 12.8. The summed E-state index contributed by atoms with van der Waals surface area (Å²) in [5, 5.41) is 14.0. The first-order valence-electron chi connectivity index (χ1n) is 7.28. The van der Waals surface area contributed by atoms with E-state index in [1.807, 2.05) is 30.3 Å². The zero-order valence-electron chi connectivity index (χ0n) is 12.7. The van der Waals surface area contributed by atoms with Crippen LogP contribution in [0.1, 0.15) is 24.8 Å². The fourth-order valence-electron chi connectivity index (χ4n) is 2.40. The molecular weight excluding hydrogens is 297 g/mol. The summed E-state index contributed by atoms with van der Waals surface area (Å²) in [4.78, 5) is 23.5. The minimum atomic E-state index is -1.27. The Morgan fingerprint density at radius 3 is 2.26 bits per heavy atom. The van der Waals surface area contributed by atoms with Crippen molar-refractivity contribution < 1.29 is 19.1 Å². The molecule has 2 atom stereocenters. The molecule has 0 bridgehead atoms. The standard InChI is InChI=1S/C18H18FNO3/c1-12(13-5-3-2-4-6-13)16(18(22)23)11-17(21)20-15-9-7-14(19)8-10-15/h2-10,12,16H,11H2,1H3,(H,20,21)(H,22,23)/p-1/t12-,16+/m0/s1. The first kappa shape index (κ1) is 16.7. The molecule has 0 saturated heterocycles. The van der Waals surface area contributed by atoms with Crippen LogP contribution in [0.25, 0.3) is 0 Å². The van der Waals surface area contributed by atoms with Gasteiger partial charge in [-0.1, -0.05) is 37.3 Å². The van der Waals surface area contributed by atoms with Gasteiger partial charge in [-0.3, -0.25) is 4.79 Å². The number of anilines is 1. The number of hydrogen-bond donors (Lipinski definition) is 1. The van der Waals surface area contributed by atoms with E-state index in [1.54, 1.807) is 6.92 Å². The van der Waals surface area contributed by atoms with Gasteiger partial charge in [-0.25, -0.2) is 4.39 Å². The van der Waals surface area contributed by atoms with Gasteiger partial charge in [-0.2, -0.15) is 0 Å². The van der Waals surface area contributed by atoms with Crippen molar-refractivity contribution in [1.82, 2.24) is 0 Å². The molecule has 0 saturated carbocycles. The van der Waals surface area contributed by atoms with Gasteiger partial charge in [0.15, 0.2) is 0 Å². The normalized spacial score (nSPS) is 13.1. The largest absolute Gasteiger partial charge is 0.550 e. The number of carboxylic acids is 1. The summed E-state index contributed by atoms with van der Waals surface area (Å²) in [5.74, 6) is -3.43. The smallest absolute Gasteiger partial charge is 0.225 e. The Morgan fingerprint density at radius 1 is 1.09 bits per heavy atom. The SMILES string of the molecule is C[C@@H](c1ccccc1)[C@@H](CC(=O)Nc1ccc(F)cc1)C(=O)[O-]. The third-order valence-corrected chi connectivity index (χ3v) is 3.76. The van der Waals surface area contributed by atoms with Crippen molar-refractivity contribution in [2.24, 2.45) is 5.92 Å². The van der Waals surface area contributed by atoms with Gasteiger partial charge in [0.05, 0.1) is 0 Å². The molecular formula is C18H17FNO3-. The first-order chi connectivity index (χ1) is 11.0. The van der Waals surface area contributed by atoms with Crippen LogP contribution in [0, 0.1) is 11.7 Å². The molecule has 0 heterocycles. The minimum Gasteiger partial charge on any atom is -0.550 e. The third kappa shape index (κ3) is 4.64. The Morgan fingerprint density at radius 2 is 1.70 bits per heavy atom. The number of nitrogens with one attached hydrogen (secondary N) is 1. The average molecular weight is 314 g/mol. The van der Waals surface area contributed by atoms with Crippen LogP contribution in [-0.2, 0) is 9.59 Å². The number of hydrogen-bond acceptors (Lipinski definition) is 3. The summed E-state index contributed by atoms with van der Waals surface area (Å²) in [5.41, 5.74) is 1.25. The van der Waals surface area contributed by atoms with Crippen LogP contribution >= 0.6 is 0 Å². The van der Waals surface area contributed by atoms with Crippen LogP contribution in [0.4, 0.5) is 10.1 Å². The molecule has 0 spiro atoms. The molecule has 1 amide bonds. The highest BCUT2D eigenvalue weighted by Gasteiger charge is 2.23. The van der Waals surface area contributed by atoms with E-state index in [2.05, 4.69) is 5.32 Å². The van der Waals surface area contributed by atoms with Crippen molar-refractivity contribution in [3.63, 3.8) is 0 Å². The molecule has 0 aliphatic rings. The summed E-state index contributed by atoms with van der Waals surface area (Å²) in [6.45, 7) is 1.75. The van der Waals surface area contributed by atoms with Crippen LogP contribution in [0.15, 0.2) is 54.6 Å². The minimum absolute atomic E-state index is 0.213. The lowest BCUT2D eigenvalue weighted by Crippen LogP contribution is -2.36. The Labute approximate surface area is 134 Å². The molecule has 0 fully saturated rings. The van der Waals surface area contributed by atoms with Crippen LogP contribution in [0.5, 0.6) is 0 Å². The number of amides is 1. The summed E-state index contributed by atoms with van der Waals surface area (Å²) in [6, 6.07) is 14.4. The van der Waals surface area contributed by atoms with Gasteiger partial charge in [0.1, 0.15) is 5.82 Å². The van der Waals surface area contributed by atoms with Crippen LogP contribution in [-0.4, -0.2) is 11.9 Å². The fraction of sp³-hybridized carbons (Fsp3) is 0.222. The van der Waals surface area contributed by atoms with E-state index in [0.717, 1.165) is 5.56 Å². The maximum Gasteiger partial charge on any atom is 0.225 e. The Kier molecular flexibility index (Phi) is 5.46. The van der Waals surface area contributed by atoms with Gasteiger partial charge in [0.2, 0.25) is 5.91 Å². The lowest BCUT2D eigenvalue weighted by molar-refractivity contribution is -0.312. The number of carbonyl (C=O) groups excluding carboxylic acids is 2. The molecule has 23 heavy (non-hydrogen) atoms. The molecule has 5 heteroatoms. The van der Waals surface area contributed by atoms with E-state index >= 15 is 0 Å². The van der Waals surface area contributed by atoms with E-state index in [-0.39, 0.29) is 12.3 Å². The second kappa shape index (κ2) is 7.54. The van der Waals surface area contributed by atoms with E-state index in [9.17, 15) is 19.1 Å². The van der Waals surface area contributed by atoms with Crippen LogP contribution in [0.3, 0.4) is 0 Å². The maximum atomic E-state index is 12.8. The topological polar surface area (TPSA) is 69.2 Å². The van der Waals surface area contributed by atoms with Crippen molar-refractivity contribution in [1.29, 1.82) is 0 Å². The molecule has 2 rings (SSSR count). The fourth-order valence-corrected chi connectivity index (χ4v) is 2.40. The Bertz CT molecular complexity index is 670. The van der Waals surface area contributed by atoms with E-state index in [0.29, 0.717) is 5.69 Å². The molecule has 0 unspecified atom stereocenters. The third-order valence-electron chi connectivity index (χ3n) is 3.76. The van der Waals surface area contributed by atoms with Crippen LogP contribution in [0.2, 0.25) is 0 Å². The molecule has 0 aliphatic heterocycles. The number of carboxylic acid groups (broad SMARTS) is 1. The molecule has 0 aromatic heterocycles. The molecule has 2 aromatic rings. The van der Waals surface area contributed by atoms with Crippen molar-refractivity contribution >= 4 is 17.6 Å². The van der Waals surface area contributed by atoms with Gasteiger partial charge in [-0.05, 0) is 35.7 Å². The van der Waals surface area contributed by atoms with Gasteiger partial charge in [0, 0.05) is 24.0 Å². The lowest BCUT2D eigenvalue weighted by atomic mass is 9.85. The molecule has 0 aliphatic carbocycles. The van der Waals surface area contributed by atoms with E-state index in [1.165, 1.54) is 24.3 Å². The zero-order chi connectivity index (χ0) is 16.8. The summed E-state index contributed by atoms with van der Waals surface area (Å²) in [7, 11) is 0. The van der Waals surface area contributed by atoms with E-state index < -0.39 is 23.6 Å². The molecule has 0 radical (unpaired) electrons. The number of carbonyl (C=O) groups is 2. The number of halogens is 1. The highest BCUT2D eigenvalue weighted by Crippen LogP contribution is 2.26. The molecule has 1 N–H and O–H groups in total. The molecule has 2 aromatic carbocycles. The average Bonchev–Trinajstić information content (AvgIpc) is 2.55. The van der Waals surface area contributed by atoms with Crippen molar-refractivity contribution in [2.75, 3.05) is 5.32 Å². The number of rotatable bonds is 6. The monoisotopic (exact) mass is 314 g/mol. The second-order valence-corrected chi connectivity index (χ2v) is 5.38. The number of benzene rings is 2. The molecule has 120 valence electrons. The van der Waals surface area contributed by atoms with Crippen LogP contribution < -0.4 is 10.4 Å². The number of aliphatic carboxylic acids is 1. The quantitative estimate of drug-likeness (QED) is 0.889. The Balaban J connectivity index is 2.05. The Hall–Kier alpha value is -2.69. The highest BCUT2D eigenvalue weighted by atomic mass is 19.1. The van der Waals surface area contributed by atoms with Gasteiger partial charge < -0.3 is 15.2 Å². The zero-order valence-corrected chi connectivity index (χ0v) is 12.7.